The predicted octanol–water partition coefficient (Wildman–Crippen LogP) is 4.97. The van der Waals surface area contributed by atoms with Crippen LogP contribution in [0, 0.1) is 5.82 Å². The first-order chi connectivity index (χ1) is 16.3. The van der Waals surface area contributed by atoms with E-state index in [1.54, 1.807) is 61.8 Å². The van der Waals surface area contributed by atoms with Crippen LogP contribution in [0.25, 0.3) is 5.76 Å². The van der Waals surface area contributed by atoms with Crippen molar-refractivity contribution in [2.75, 3.05) is 7.11 Å². The fourth-order valence-electron chi connectivity index (χ4n) is 4.16. The third-order valence-corrected chi connectivity index (χ3v) is 5.90. The van der Waals surface area contributed by atoms with Gasteiger partial charge in [-0.3, -0.25) is 14.6 Å². The second kappa shape index (κ2) is 9.47. The molecule has 0 aliphatic carbocycles. The first kappa shape index (κ1) is 23.2. The fourth-order valence-corrected chi connectivity index (χ4v) is 4.16. The molecule has 2 aromatic carbocycles. The summed E-state index contributed by atoms with van der Waals surface area (Å²) in [6, 6.07) is 15.2. The predicted molar refractivity (Wildman–Crippen MR) is 126 cm³/mol. The molecule has 1 aromatic heterocycles. The van der Waals surface area contributed by atoms with Crippen molar-refractivity contribution < 1.29 is 23.8 Å². The summed E-state index contributed by atoms with van der Waals surface area (Å²) >= 11 is 0. The molecule has 1 fully saturated rings. The molecule has 7 heteroatoms. The standard InChI is InChI=1S/C27H25FN2O4/c1-16(2)20-14-18(9-12-22(20)34-3)25(31)23-24(21-6-4-5-13-29-21)30(27(33)26(23)32)15-17-7-10-19(28)11-8-17/h4-14,16,24,31H,15H2,1-3H3/b25-23-. The number of aliphatic hydroxyl groups is 1. The highest BCUT2D eigenvalue weighted by molar-refractivity contribution is 6.46. The minimum Gasteiger partial charge on any atom is -0.507 e. The lowest BCUT2D eigenvalue weighted by atomic mass is 9.94. The van der Waals surface area contributed by atoms with Crippen LogP contribution in [0.2, 0.25) is 0 Å². The van der Waals surface area contributed by atoms with E-state index in [0.717, 1.165) is 5.56 Å². The number of likely N-dealkylation sites (tertiary alicyclic amines) is 1. The van der Waals surface area contributed by atoms with E-state index in [0.29, 0.717) is 22.6 Å². The van der Waals surface area contributed by atoms with Crippen LogP contribution in [0.15, 0.2) is 72.4 Å². The Balaban J connectivity index is 1.85. The van der Waals surface area contributed by atoms with Gasteiger partial charge in [0.15, 0.2) is 0 Å². The number of ether oxygens (including phenoxy) is 1. The molecule has 1 aliphatic heterocycles. The molecule has 4 rings (SSSR count). The van der Waals surface area contributed by atoms with Gasteiger partial charge in [0.25, 0.3) is 11.7 Å². The number of hydrogen-bond donors (Lipinski definition) is 1. The highest BCUT2D eigenvalue weighted by Gasteiger charge is 2.46. The molecule has 3 aromatic rings. The van der Waals surface area contributed by atoms with Crippen LogP contribution < -0.4 is 4.74 Å². The second-order valence-corrected chi connectivity index (χ2v) is 8.42. The van der Waals surface area contributed by atoms with Gasteiger partial charge in [-0.2, -0.15) is 0 Å². The number of aliphatic hydroxyl groups excluding tert-OH is 1. The van der Waals surface area contributed by atoms with E-state index in [9.17, 15) is 19.1 Å². The van der Waals surface area contributed by atoms with Gasteiger partial charge in [0.1, 0.15) is 23.4 Å². The summed E-state index contributed by atoms with van der Waals surface area (Å²) in [4.78, 5) is 32.0. The molecule has 34 heavy (non-hydrogen) atoms. The van der Waals surface area contributed by atoms with E-state index in [1.807, 2.05) is 13.8 Å². The van der Waals surface area contributed by atoms with E-state index in [1.165, 1.54) is 17.0 Å². The molecule has 1 saturated heterocycles. The van der Waals surface area contributed by atoms with E-state index in [-0.39, 0.29) is 23.8 Å². The van der Waals surface area contributed by atoms with Crippen molar-refractivity contribution in [2.24, 2.45) is 0 Å². The number of carbonyl (C=O) groups is 2. The first-order valence-electron chi connectivity index (χ1n) is 10.9. The zero-order valence-electron chi connectivity index (χ0n) is 19.2. The van der Waals surface area contributed by atoms with Gasteiger partial charge in [-0.25, -0.2) is 4.39 Å². The molecule has 1 N–H and O–H groups in total. The Kier molecular flexibility index (Phi) is 6.45. The van der Waals surface area contributed by atoms with Crippen molar-refractivity contribution >= 4 is 17.4 Å². The molecule has 0 bridgehead atoms. The number of Topliss-reactive ketones (excluding diaryl/α,β-unsaturated/α-hetero) is 1. The van der Waals surface area contributed by atoms with Crippen LogP contribution in [-0.2, 0) is 16.1 Å². The van der Waals surface area contributed by atoms with Gasteiger partial charge in [-0.1, -0.05) is 32.0 Å². The quantitative estimate of drug-likeness (QED) is 0.319. The fraction of sp³-hybridized carbons (Fsp3) is 0.222. The van der Waals surface area contributed by atoms with E-state index in [2.05, 4.69) is 4.98 Å². The molecule has 6 nitrogen and oxygen atoms in total. The topological polar surface area (TPSA) is 79.7 Å². The van der Waals surface area contributed by atoms with Crippen LogP contribution >= 0.6 is 0 Å². The zero-order valence-corrected chi connectivity index (χ0v) is 19.2. The summed E-state index contributed by atoms with van der Waals surface area (Å²) in [5.41, 5.74) is 2.33. The maximum Gasteiger partial charge on any atom is 0.296 e. The van der Waals surface area contributed by atoms with E-state index in [4.69, 9.17) is 4.74 Å². The van der Waals surface area contributed by atoms with Crippen LogP contribution in [-0.4, -0.2) is 33.8 Å². The van der Waals surface area contributed by atoms with Crippen molar-refractivity contribution in [1.29, 1.82) is 0 Å². The number of pyridine rings is 1. The van der Waals surface area contributed by atoms with Crippen LogP contribution in [0.1, 0.15) is 48.2 Å². The van der Waals surface area contributed by atoms with E-state index >= 15 is 0 Å². The Morgan fingerprint density at radius 3 is 2.47 bits per heavy atom. The largest absolute Gasteiger partial charge is 0.507 e. The lowest BCUT2D eigenvalue weighted by molar-refractivity contribution is -0.140. The zero-order chi connectivity index (χ0) is 24.4. The number of aromatic nitrogens is 1. The number of rotatable bonds is 6. The molecule has 0 spiro atoms. The lowest BCUT2D eigenvalue weighted by Crippen LogP contribution is -2.29. The Morgan fingerprint density at radius 1 is 1.12 bits per heavy atom. The molecular formula is C27H25FN2O4. The number of ketones is 1. The SMILES string of the molecule is COc1ccc(/C(O)=C2/C(=O)C(=O)N(Cc3ccc(F)cc3)C2c2ccccn2)cc1C(C)C. The van der Waals surface area contributed by atoms with Crippen LogP contribution in [0.5, 0.6) is 5.75 Å². The number of hydrogen-bond acceptors (Lipinski definition) is 5. The third kappa shape index (κ3) is 4.29. The molecule has 0 saturated carbocycles. The van der Waals surface area contributed by atoms with Gasteiger partial charge in [-0.05, 0) is 59.5 Å². The van der Waals surface area contributed by atoms with Crippen molar-refractivity contribution in [3.63, 3.8) is 0 Å². The van der Waals surface area contributed by atoms with Gasteiger partial charge in [0.05, 0.1) is 18.4 Å². The summed E-state index contributed by atoms with van der Waals surface area (Å²) in [6.45, 7) is 4.05. The highest BCUT2D eigenvalue weighted by atomic mass is 19.1. The Bertz CT molecular complexity index is 1250. The summed E-state index contributed by atoms with van der Waals surface area (Å²) in [5, 5.41) is 11.3. The Labute approximate surface area is 197 Å². The van der Waals surface area contributed by atoms with Crippen LogP contribution in [0.4, 0.5) is 4.39 Å². The number of carbonyl (C=O) groups excluding carboxylic acids is 2. The number of benzene rings is 2. The number of methoxy groups -OCH3 is 1. The van der Waals surface area contributed by atoms with Crippen molar-refractivity contribution in [3.05, 3.63) is 101 Å². The van der Waals surface area contributed by atoms with Crippen LogP contribution in [0.3, 0.4) is 0 Å². The third-order valence-electron chi connectivity index (χ3n) is 5.90. The Hall–Kier alpha value is -4.00. The van der Waals surface area contributed by atoms with Gasteiger partial charge in [0.2, 0.25) is 0 Å². The summed E-state index contributed by atoms with van der Waals surface area (Å²) in [7, 11) is 1.57. The minimum absolute atomic E-state index is 0.0364. The average Bonchev–Trinajstić information content (AvgIpc) is 3.10. The molecule has 1 aliphatic rings. The summed E-state index contributed by atoms with van der Waals surface area (Å²) in [5.74, 6) is -1.44. The lowest BCUT2D eigenvalue weighted by Gasteiger charge is -2.24. The maximum atomic E-state index is 13.4. The summed E-state index contributed by atoms with van der Waals surface area (Å²) in [6.07, 6.45) is 1.57. The van der Waals surface area contributed by atoms with E-state index < -0.39 is 23.5 Å². The second-order valence-electron chi connectivity index (χ2n) is 8.42. The number of halogens is 1. The van der Waals surface area contributed by atoms with Gasteiger partial charge in [0, 0.05) is 18.3 Å². The number of amides is 1. The summed E-state index contributed by atoms with van der Waals surface area (Å²) < 4.78 is 18.8. The van der Waals surface area contributed by atoms with Crippen molar-refractivity contribution in [2.45, 2.75) is 32.4 Å². The Morgan fingerprint density at radius 2 is 1.85 bits per heavy atom. The molecule has 174 valence electrons. The first-order valence-corrected chi connectivity index (χ1v) is 10.9. The molecule has 0 radical (unpaired) electrons. The molecule has 1 amide bonds. The molecule has 1 atom stereocenters. The molecule has 1 unspecified atom stereocenters. The smallest absolute Gasteiger partial charge is 0.296 e. The average molecular weight is 461 g/mol. The van der Waals surface area contributed by atoms with Gasteiger partial charge >= 0.3 is 0 Å². The number of nitrogens with zero attached hydrogens (tertiary/aromatic N) is 2. The highest BCUT2D eigenvalue weighted by Crippen LogP contribution is 2.40. The molecule has 2 heterocycles. The molecular weight excluding hydrogens is 435 g/mol. The normalized spacial score (nSPS) is 17.4. The van der Waals surface area contributed by atoms with Gasteiger partial charge < -0.3 is 14.7 Å². The maximum absolute atomic E-state index is 13.4. The van der Waals surface area contributed by atoms with Gasteiger partial charge in [-0.15, -0.1) is 0 Å². The monoisotopic (exact) mass is 460 g/mol. The minimum atomic E-state index is -0.893. The van der Waals surface area contributed by atoms with Crippen molar-refractivity contribution in [3.8, 4) is 5.75 Å². The van der Waals surface area contributed by atoms with Crippen molar-refractivity contribution in [1.82, 2.24) is 9.88 Å².